The third kappa shape index (κ3) is 5.01. The number of nitrogens with one attached hydrogen (secondary N) is 1. The Morgan fingerprint density at radius 2 is 2.11 bits per heavy atom. The summed E-state index contributed by atoms with van der Waals surface area (Å²) in [6, 6.07) is 0.218. The number of halogens is 1. The van der Waals surface area contributed by atoms with Crippen molar-refractivity contribution in [3.8, 4) is 6.01 Å². The number of ether oxygens (including phenoxy) is 1. The van der Waals surface area contributed by atoms with Crippen LogP contribution in [-0.4, -0.2) is 39.8 Å². The van der Waals surface area contributed by atoms with E-state index in [9.17, 15) is 0 Å². The summed E-state index contributed by atoms with van der Waals surface area (Å²) in [7, 11) is 0. The van der Waals surface area contributed by atoms with Gasteiger partial charge in [0.05, 0.1) is 6.61 Å². The fraction of sp³-hybridized carbons (Fsp3) is 0.727. The lowest BCUT2D eigenvalue weighted by atomic mass is 10.0. The summed E-state index contributed by atoms with van der Waals surface area (Å²) < 4.78 is 5.18. The Labute approximate surface area is 112 Å². The Hall–Kier alpha value is -1.14. The van der Waals surface area contributed by atoms with Gasteiger partial charge < -0.3 is 15.2 Å². The summed E-state index contributed by atoms with van der Waals surface area (Å²) in [5.41, 5.74) is 0. The Kier molecular flexibility index (Phi) is 6.67. The quantitative estimate of drug-likeness (QED) is 0.752. The van der Waals surface area contributed by atoms with E-state index in [1.54, 1.807) is 0 Å². The van der Waals surface area contributed by atoms with Gasteiger partial charge in [0, 0.05) is 13.2 Å². The van der Waals surface area contributed by atoms with Gasteiger partial charge in [0.2, 0.25) is 11.2 Å². The lowest BCUT2D eigenvalue weighted by Crippen LogP contribution is -2.17. The van der Waals surface area contributed by atoms with Crippen molar-refractivity contribution in [3.63, 3.8) is 0 Å². The minimum atomic E-state index is 0.103. The molecule has 1 rings (SSSR count). The summed E-state index contributed by atoms with van der Waals surface area (Å²) in [5, 5.41) is 12.1. The molecule has 18 heavy (non-hydrogen) atoms. The van der Waals surface area contributed by atoms with Gasteiger partial charge in [-0.05, 0) is 30.9 Å². The molecule has 0 aliphatic heterocycles. The first-order valence-electron chi connectivity index (χ1n) is 6.08. The number of hydrogen-bond acceptors (Lipinski definition) is 6. The lowest BCUT2D eigenvalue weighted by Gasteiger charge is -2.14. The standard InChI is InChI=1S/C11H19ClN4O2/c1-3-8(5-6-17)7-13-10-14-9(12)15-11(16-10)18-4-2/h8,17H,3-7H2,1-2H3,(H,13,14,15,16). The fourth-order valence-electron chi connectivity index (χ4n) is 1.47. The number of hydrogen-bond donors (Lipinski definition) is 2. The predicted molar refractivity (Wildman–Crippen MR) is 70.0 cm³/mol. The number of aliphatic hydroxyl groups is 1. The highest BCUT2D eigenvalue weighted by Gasteiger charge is 2.09. The SMILES string of the molecule is CCOc1nc(Cl)nc(NCC(CC)CCO)n1. The number of nitrogens with zero attached hydrogens (tertiary/aromatic N) is 3. The summed E-state index contributed by atoms with van der Waals surface area (Å²) in [4.78, 5) is 11.9. The van der Waals surface area contributed by atoms with Gasteiger partial charge in [0.1, 0.15) is 0 Å². The van der Waals surface area contributed by atoms with Crippen LogP contribution < -0.4 is 10.1 Å². The van der Waals surface area contributed by atoms with Gasteiger partial charge in [-0.1, -0.05) is 13.3 Å². The Morgan fingerprint density at radius 3 is 2.72 bits per heavy atom. The van der Waals surface area contributed by atoms with Crippen molar-refractivity contribution >= 4 is 17.5 Å². The number of aliphatic hydroxyl groups excluding tert-OH is 1. The fourth-order valence-corrected chi connectivity index (χ4v) is 1.63. The molecule has 0 amide bonds. The Morgan fingerprint density at radius 1 is 1.33 bits per heavy atom. The molecule has 0 aliphatic rings. The highest BCUT2D eigenvalue weighted by Crippen LogP contribution is 2.13. The molecule has 0 saturated carbocycles. The van der Waals surface area contributed by atoms with Crippen LogP contribution in [-0.2, 0) is 0 Å². The van der Waals surface area contributed by atoms with Crippen LogP contribution >= 0.6 is 11.6 Å². The number of anilines is 1. The second kappa shape index (κ2) is 8.05. The van der Waals surface area contributed by atoms with Crippen molar-refractivity contribution in [2.24, 2.45) is 5.92 Å². The normalized spacial score (nSPS) is 12.2. The van der Waals surface area contributed by atoms with E-state index in [4.69, 9.17) is 21.4 Å². The third-order valence-corrected chi connectivity index (χ3v) is 2.69. The van der Waals surface area contributed by atoms with Gasteiger partial charge in [-0.25, -0.2) is 0 Å². The average molecular weight is 275 g/mol. The minimum Gasteiger partial charge on any atom is -0.464 e. The monoisotopic (exact) mass is 274 g/mol. The van der Waals surface area contributed by atoms with Crippen molar-refractivity contribution in [2.75, 3.05) is 25.1 Å². The molecule has 1 heterocycles. The minimum absolute atomic E-state index is 0.103. The zero-order valence-corrected chi connectivity index (χ0v) is 11.4. The zero-order valence-electron chi connectivity index (χ0n) is 10.7. The molecule has 7 heteroatoms. The van der Waals surface area contributed by atoms with E-state index in [-0.39, 0.29) is 17.9 Å². The van der Waals surface area contributed by atoms with Crippen molar-refractivity contribution < 1.29 is 9.84 Å². The first-order valence-corrected chi connectivity index (χ1v) is 6.46. The molecule has 1 aromatic rings. The molecule has 0 radical (unpaired) electrons. The summed E-state index contributed by atoms with van der Waals surface area (Å²) in [6.45, 7) is 5.26. The summed E-state index contributed by atoms with van der Waals surface area (Å²) in [5.74, 6) is 0.774. The van der Waals surface area contributed by atoms with Crippen molar-refractivity contribution in [3.05, 3.63) is 5.28 Å². The van der Waals surface area contributed by atoms with E-state index in [0.717, 1.165) is 12.8 Å². The molecule has 1 atom stereocenters. The van der Waals surface area contributed by atoms with Gasteiger partial charge in [-0.15, -0.1) is 0 Å². The van der Waals surface area contributed by atoms with Crippen LogP contribution in [0.5, 0.6) is 6.01 Å². The van der Waals surface area contributed by atoms with Crippen LogP contribution in [0, 0.1) is 5.92 Å². The van der Waals surface area contributed by atoms with Crippen molar-refractivity contribution in [2.45, 2.75) is 26.7 Å². The Bertz CT molecular complexity index is 365. The van der Waals surface area contributed by atoms with E-state index in [2.05, 4.69) is 27.2 Å². The van der Waals surface area contributed by atoms with Crippen LogP contribution in [0.4, 0.5) is 5.95 Å². The van der Waals surface area contributed by atoms with Crippen LogP contribution in [0.15, 0.2) is 0 Å². The van der Waals surface area contributed by atoms with Gasteiger partial charge >= 0.3 is 6.01 Å². The molecule has 0 fully saturated rings. The maximum Gasteiger partial charge on any atom is 0.322 e. The molecular formula is C11H19ClN4O2. The topological polar surface area (TPSA) is 80.2 Å². The Balaban J connectivity index is 2.60. The van der Waals surface area contributed by atoms with Gasteiger partial charge in [-0.2, -0.15) is 15.0 Å². The first-order chi connectivity index (χ1) is 8.69. The largest absolute Gasteiger partial charge is 0.464 e. The number of aromatic nitrogens is 3. The second-order valence-electron chi connectivity index (χ2n) is 3.81. The molecule has 6 nitrogen and oxygen atoms in total. The zero-order chi connectivity index (χ0) is 13.4. The molecular weight excluding hydrogens is 256 g/mol. The van der Waals surface area contributed by atoms with E-state index in [1.807, 2.05) is 6.92 Å². The molecule has 1 aromatic heterocycles. The van der Waals surface area contributed by atoms with Crippen LogP contribution in [0.1, 0.15) is 26.7 Å². The summed E-state index contributed by atoms with van der Waals surface area (Å²) in [6.07, 6.45) is 1.73. The van der Waals surface area contributed by atoms with Crippen LogP contribution in [0.25, 0.3) is 0 Å². The maximum absolute atomic E-state index is 8.91. The molecule has 0 bridgehead atoms. The first kappa shape index (κ1) is 14.9. The third-order valence-electron chi connectivity index (χ3n) is 2.52. The van der Waals surface area contributed by atoms with Gasteiger partial charge in [0.25, 0.3) is 0 Å². The predicted octanol–water partition coefficient (Wildman–Crippen LogP) is 1.74. The molecule has 102 valence electrons. The smallest absolute Gasteiger partial charge is 0.322 e. The van der Waals surface area contributed by atoms with Crippen LogP contribution in [0.2, 0.25) is 5.28 Å². The van der Waals surface area contributed by atoms with E-state index >= 15 is 0 Å². The van der Waals surface area contributed by atoms with Crippen molar-refractivity contribution in [1.82, 2.24) is 15.0 Å². The molecule has 1 unspecified atom stereocenters. The van der Waals surface area contributed by atoms with Crippen LogP contribution in [0.3, 0.4) is 0 Å². The highest BCUT2D eigenvalue weighted by atomic mass is 35.5. The van der Waals surface area contributed by atoms with E-state index in [0.29, 0.717) is 25.0 Å². The van der Waals surface area contributed by atoms with Crippen molar-refractivity contribution in [1.29, 1.82) is 0 Å². The summed E-state index contributed by atoms with van der Waals surface area (Å²) >= 11 is 5.77. The lowest BCUT2D eigenvalue weighted by molar-refractivity contribution is 0.258. The van der Waals surface area contributed by atoms with E-state index < -0.39 is 0 Å². The van der Waals surface area contributed by atoms with E-state index in [1.165, 1.54) is 0 Å². The highest BCUT2D eigenvalue weighted by molar-refractivity contribution is 6.28. The molecule has 0 saturated heterocycles. The number of rotatable bonds is 8. The maximum atomic E-state index is 8.91. The molecule has 2 N–H and O–H groups in total. The molecule has 0 spiro atoms. The average Bonchev–Trinajstić information content (AvgIpc) is 2.34. The van der Waals surface area contributed by atoms with Gasteiger partial charge in [0.15, 0.2) is 0 Å². The van der Waals surface area contributed by atoms with Gasteiger partial charge in [-0.3, -0.25) is 0 Å². The molecule has 0 aromatic carbocycles. The second-order valence-corrected chi connectivity index (χ2v) is 4.15. The molecule has 0 aliphatic carbocycles.